The van der Waals surface area contributed by atoms with E-state index in [2.05, 4.69) is 34.9 Å². The zero-order valence-electron chi connectivity index (χ0n) is 19.2. The summed E-state index contributed by atoms with van der Waals surface area (Å²) in [4.78, 5) is 26.7. The first-order valence-corrected chi connectivity index (χ1v) is 13.5. The fourth-order valence-corrected chi connectivity index (χ4v) is 10.2. The van der Waals surface area contributed by atoms with Crippen molar-refractivity contribution in [3.05, 3.63) is 24.3 Å². The molecule has 4 nitrogen and oxygen atoms in total. The molecule has 0 aliphatic heterocycles. The molecular formula is C28H38N2O2. The third kappa shape index (κ3) is 3.15. The van der Waals surface area contributed by atoms with Crippen molar-refractivity contribution in [3.63, 3.8) is 0 Å². The minimum atomic E-state index is -0.0972. The molecule has 9 aliphatic carbocycles. The van der Waals surface area contributed by atoms with Gasteiger partial charge in [0.2, 0.25) is 11.8 Å². The Morgan fingerprint density at radius 2 is 0.750 bits per heavy atom. The van der Waals surface area contributed by atoms with Crippen molar-refractivity contribution in [1.82, 2.24) is 10.6 Å². The Morgan fingerprint density at radius 1 is 0.500 bits per heavy atom. The molecule has 32 heavy (non-hydrogen) atoms. The largest absolute Gasteiger partial charge is 0.346 e. The SMILES string of the molecule is O=C(NC1C=CC(NC(=O)C23CC4CC(CC(C4)C2)C3)C=C1)C12CC3CC(CC(C3)C1)C2. The lowest BCUT2D eigenvalue weighted by Crippen LogP contribution is -2.55. The molecule has 0 radical (unpaired) electrons. The van der Waals surface area contributed by atoms with Crippen molar-refractivity contribution >= 4 is 11.8 Å². The van der Waals surface area contributed by atoms with Crippen LogP contribution in [0.15, 0.2) is 24.3 Å². The Hall–Kier alpha value is -1.58. The number of rotatable bonds is 4. The van der Waals surface area contributed by atoms with Crippen molar-refractivity contribution in [1.29, 1.82) is 0 Å². The lowest BCUT2D eigenvalue weighted by Gasteiger charge is -2.56. The second-order valence-electron chi connectivity index (χ2n) is 13.2. The summed E-state index contributed by atoms with van der Waals surface area (Å²) in [5.74, 6) is 5.28. The number of hydrogen-bond acceptors (Lipinski definition) is 2. The fourth-order valence-electron chi connectivity index (χ4n) is 10.2. The Labute approximate surface area is 192 Å². The van der Waals surface area contributed by atoms with Gasteiger partial charge in [0.1, 0.15) is 0 Å². The highest BCUT2D eigenvalue weighted by Gasteiger charge is 2.56. The van der Waals surface area contributed by atoms with Gasteiger partial charge in [-0.1, -0.05) is 24.3 Å². The van der Waals surface area contributed by atoms with Gasteiger partial charge in [-0.05, 0) is 113 Å². The van der Waals surface area contributed by atoms with Gasteiger partial charge in [0.15, 0.2) is 0 Å². The molecule has 0 heterocycles. The van der Waals surface area contributed by atoms with E-state index in [4.69, 9.17) is 0 Å². The van der Waals surface area contributed by atoms with E-state index < -0.39 is 0 Å². The van der Waals surface area contributed by atoms with Crippen LogP contribution >= 0.6 is 0 Å². The van der Waals surface area contributed by atoms with Gasteiger partial charge in [-0.3, -0.25) is 9.59 Å². The minimum absolute atomic E-state index is 0.0387. The third-order valence-corrected chi connectivity index (χ3v) is 10.7. The highest BCUT2D eigenvalue weighted by Crippen LogP contribution is 2.61. The zero-order chi connectivity index (χ0) is 21.5. The van der Waals surface area contributed by atoms with E-state index in [1.165, 1.54) is 38.5 Å². The molecule has 0 saturated heterocycles. The molecule has 2 amide bonds. The average Bonchev–Trinajstić information content (AvgIpc) is 2.73. The quantitative estimate of drug-likeness (QED) is 0.640. The van der Waals surface area contributed by atoms with Gasteiger partial charge >= 0.3 is 0 Å². The fraction of sp³-hybridized carbons (Fsp3) is 0.786. The van der Waals surface area contributed by atoms with Gasteiger partial charge in [-0.25, -0.2) is 0 Å². The number of nitrogens with one attached hydrogen (secondary N) is 2. The molecular weight excluding hydrogens is 396 g/mol. The van der Waals surface area contributed by atoms with Gasteiger partial charge in [-0.15, -0.1) is 0 Å². The van der Waals surface area contributed by atoms with E-state index in [1.807, 2.05) is 0 Å². The summed E-state index contributed by atoms with van der Waals surface area (Å²) in [6.07, 6.45) is 23.2. The van der Waals surface area contributed by atoms with Crippen LogP contribution in [0.2, 0.25) is 0 Å². The molecule has 2 N–H and O–H groups in total. The predicted octanol–water partition coefficient (Wildman–Crippen LogP) is 4.51. The van der Waals surface area contributed by atoms with E-state index in [-0.39, 0.29) is 34.7 Å². The van der Waals surface area contributed by atoms with Crippen LogP contribution in [0.25, 0.3) is 0 Å². The number of hydrogen-bond donors (Lipinski definition) is 2. The Balaban J connectivity index is 0.973. The maximum atomic E-state index is 13.3. The normalized spacial score (nSPS) is 51.8. The Bertz CT molecular complexity index is 731. The molecule has 0 unspecified atom stereocenters. The number of carbonyl (C=O) groups is 2. The van der Waals surface area contributed by atoms with E-state index in [0.29, 0.717) is 0 Å². The smallest absolute Gasteiger partial charge is 0.226 e. The van der Waals surface area contributed by atoms with Gasteiger partial charge in [0, 0.05) is 10.8 Å². The first-order chi connectivity index (χ1) is 15.5. The Kier molecular flexibility index (Phi) is 4.32. The van der Waals surface area contributed by atoms with Gasteiger partial charge in [0.05, 0.1) is 12.1 Å². The van der Waals surface area contributed by atoms with Crippen LogP contribution in [0.4, 0.5) is 0 Å². The molecule has 0 spiro atoms. The first kappa shape index (κ1) is 19.9. The standard InChI is InChI=1S/C28H38N2O2/c31-25(27-11-17-5-18(12-27)7-19(6-17)13-27)29-23-1-2-24(4-3-23)30-26(32)28-14-20-8-21(15-28)10-22(9-20)16-28/h1-4,17-24H,5-16H2,(H,29,31)(H,30,32). The molecule has 0 atom stereocenters. The molecule has 0 aromatic rings. The van der Waals surface area contributed by atoms with Crippen molar-refractivity contribution in [3.8, 4) is 0 Å². The van der Waals surface area contributed by atoms with Crippen LogP contribution in [0.3, 0.4) is 0 Å². The van der Waals surface area contributed by atoms with E-state index in [0.717, 1.165) is 74.0 Å². The second-order valence-corrected chi connectivity index (χ2v) is 13.2. The first-order valence-electron chi connectivity index (χ1n) is 13.5. The minimum Gasteiger partial charge on any atom is -0.346 e. The predicted molar refractivity (Wildman–Crippen MR) is 123 cm³/mol. The van der Waals surface area contributed by atoms with Crippen LogP contribution < -0.4 is 10.6 Å². The van der Waals surface area contributed by atoms with E-state index in [1.54, 1.807) is 0 Å². The maximum absolute atomic E-state index is 13.3. The van der Waals surface area contributed by atoms with Crippen molar-refractivity contribution in [2.75, 3.05) is 0 Å². The summed E-state index contributed by atoms with van der Waals surface area (Å²) < 4.78 is 0. The molecule has 4 heteroatoms. The van der Waals surface area contributed by atoms with Gasteiger partial charge in [0.25, 0.3) is 0 Å². The van der Waals surface area contributed by atoms with Crippen molar-refractivity contribution in [2.45, 2.75) is 89.1 Å². The molecule has 8 fully saturated rings. The second kappa shape index (κ2) is 6.96. The molecule has 8 bridgehead atoms. The highest BCUT2D eigenvalue weighted by atomic mass is 16.2. The summed E-state index contributed by atoms with van der Waals surface area (Å²) >= 11 is 0. The molecule has 172 valence electrons. The summed E-state index contributed by atoms with van der Waals surface area (Å²) in [7, 11) is 0. The summed E-state index contributed by atoms with van der Waals surface area (Å²) in [5, 5.41) is 6.67. The number of amides is 2. The third-order valence-electron chi connectivity index (χ3n) is 10.7. The maximum Gasteiger partial charge on any atom is 0.226 e. The number of carbonyl (C=O) groups excluding carboxylic acids is 2. The van der Waals surface area contributed by atoms with E-state index in [9.17, 15) is 9.59 Å². The molecule has 0 aromatic carbocycles. The summed E-state index contributed by atoms with van der Waals surface area (Å²) in [5.41, 5.74) is -0.194. The van der Waals surface area contributed by atoms with E-state index >= 15 is 0 Å². The Morgan fingerprint density at radius 3 is 1.00 bits per heavy atom. The zero-order valence-corrected chi connectivity index (χ0v) is 19.2. The van der Waals surface area contributed by atoms with Gasteiger partial charge < -0.3 is 10.6 Å². The highest BCUT2D eigenvalue weighted by molar-refractivity contribution is 5.85. The molecule has 9 aliphatic rings. The van der Waals surface area contributed by atoms with Crippen molar-refractivity contribution in [2.24, 2.45) is 46.3 Å². The summed E-state index contributed by atoms with van der Waals surface area (Å²) in [6, 6.07) is -0.0774. The molecule has 8 saturated carbocycles. The van der Waals surface area contributed by atoms with Crippen molar-refractivity contribution < 1.29 is 9.59 Å². The van der Waals surface area contributed by atoms with Crippen LogP contribution in [0.1, 0.15) is 77.0 Å². The van der Waals surface area contributed by atoms with Crippen LogP contribution in [0, 0.1) is 46.3 Å². The average molecular weight is 435 g/mol. The molecule has 9 rings (SSSR count). The molecule has 0 aromatic heterocycles. The summed E-state index contributed by atoms with van der Waals surface area (Å²) in [6.45, 7) is 0. The van der Waals surface area contributed by atoms with Crippen LogP contribution in [0.5, 0.6) is 0 Å². The van der Waals surface area contributed by atoms with Gasteiger partial charge in [-0.2, -0.15) is 0 Å². The topological polar surface area (TPSA) is 58.2 Å². The lowest BCUT2D eigenvalue weighted by atomic mass is 9.49. The lowest BCUT2D eigenvalue weighted by molar-refractivity contribution is -0.147. The van der Waals surface area contributed by atoms with Crippen LogP contribution in [-0.4, -0.2) is 23.9 Å². The monoisotopic (exact) mass is 434 g/mol. The van der Waals surface area contributed by atoms with Crippen LogP contribution in [-0.2, 0) is 9.59 Å².